The van der Waals surface area contributed by atoms with Crippen molar-refractivity contribution in [2.45, 2.75) is 13.3 Å². The van der Waals surface area contributed by atoms with Crippen LogP contribution in [0.25, 0.3) is 0 Å². The van der Waals surface area contributed by atoms with E-state index in [0.29, 0.717) is 11.3 Å². The van der Waals surface area contributed by atoms with Crippen molar-refractivity contribution in [1.82, 2.24) is 4.98 Å². The zero-order valence-corrected chi connectivity index (χ0v) is 9.58. The van der Waals surface area contributed by atoms with Gasteiger partial charge in [-0.05, 0) is 30.2 Å². The van der Waals surface area contributed by atoms with Gasteiger partial charge < -0.3 is 5.11 Å². The highest BCUT2D eigenvalue weighted by molar-refractivity contribution is 7.14. The summed E-state index contributed by atoms with van der Waals surface area (Å²) in [6, 6.07) is 7.63. The Hall–Kier alpha value is -1.86. The number of hydrogen-bond donors (Lipinski definition) is 1. The van der Waals surface area contributed by atoms with Gasteiger partial charge in [-0.3, -0.25) is 4.98 Å². The van der Waals surface area contributed by atoms with Gasteiger partial charge in [0.15, 0.2) is 5.06 Å². The average Bonchev–Trinajstić information content (AvgIpc) is 2.62. The molecule has 0 fully saturated rings. The summed E-state index contributed by atoms with van der Waals surface area (Å²) in [4.78, 5) is 4.83. The molecule has 0 unspecified atom stereocenters. The fraction of sp³-hybridized carbons (Fsp3) is 0.167. The van der Waals surface area contributed by atoms with E-state index in [1.54, 1.807) is 12.3 Å². The van der Waals surface area contributed by atoms with E-state index in [4.69, 9.17) is 5.26 Å². The third kappa shape index (κ3) is 2.20. The Bertz CT molecular complexity index is 537. The van der Waals surface area contributed by atoms with Crippen LogP contribution in [0.15, 0.2) is 24.4 Å². The van der Waals surface area contributed by atoms with Gasteiger partial charge in [0.05, 0.1) is 0 Å². The van der Waals surface area contributed by atoms with Crippen LogP contribution in [0.5, 0.6) is 5.06 Å². The van der Waals surface area contributed by atoms with E-state index in [0.717, 1.165) is 28.2 Å². The highest BCUT2D eigenvalue weighted by Gasteiger charge is 2.09. The minimum atomic E-state index is 0.179. The first-order valence-corrected chi connectivity index (χ1v) is 5.64. The largest absolute Gasteiger partial charge is 0.499 e. The molecule has 0 aliphatic rings. The van der Waals surface area contributed by atoms with Crippen LogP contribution in [0.3, 0.4) is 0 Å². The van der Waals surface area contributed by atoms with Gasteiger partial charge in [-0.15, -0.1) is 0 Å². The van der Waals surface area contributed by atoms with Crippen LogP contribution in [0.1, 0.15) is 21.7 Å². The molecule has 4 heteroatoms. The maximum atomic E-state index is 9.33. The summed E-state index contributed by atoms with van der Waals surface area (Å²) in [7, 11) is 0. The summed E-state index contributed by atoms with van der Waals surface area (Å²) in [6.07, 6.45) is 2.38. The number of aromatic nitrogens is 1. The van der Waals surface area contributed by atoms with Gasteiger partial charge in [0, 0.05) is 18.3 Å². The van der Waals surface area contributed by atoms with Gasteiger partial charge in [-0.1, -0.05) is 17.4 Å². The van der Waals surface area contributed by atoms with E-state index in [1.165, 1.54) is 0 Å². The highest BCUT2D eigenvalue weighted by Crippen LogP contribution is 2.28. The molecule has 2 aromatic heterocycles. The molecule has 0 amide bonds. The van der Waals surface area contributed by atoms with Gasteiger partial charge >= 0.3 is 0 Å². The van der Waals surface area contributed by atoms with E-state index in [9.17, 15) is 5.11 Å². The maximum Gasteiger partial charge on any atom is 0.172 e. The molecule has 80 valence electrons. The van der Waals surface area contributed by atoms with Crippen LogP contribution in [-0.2, 0) is 6.42 Å². The molecule has 2 rings (SSSR count). The Balaban J connectivity index is 2.27. The summed E-state index contributed by atoms with van der Waals surface area (Å²) in [5, 5.41) is 18.4. The first kappa shape index (κ1) is 10.7. The van der Waals surface area contributed by atoms with Crippen LogP contribution < -0.4 is 0 Å². The lowest BCUT2D eigenvalue weighted by atomic mass is 10.1. The second-order valence-electron chi connectivity index (χ2n) is 3.55. The van der Waals surface area contributed by atoms with Gasteiger partial charge in [-0.2, -0.15) is 5.26 Å². The lowest BCUT2D eigenvalue weighted by molar-refractivity contribution is 0.490. The minimum absolute atomic E-state index is 0.179. The number of pyridine rings is 1. The average molecular weight is 230 g/mol. The van der Waals surface area contributed by atoms with E-state index >= 15 is 0 Å². The number of nitrogens with zero attached hydrogens (tertiary/aromatic N) is 2. The molecule has 16 heavy (non-hydrogen) atoms. The minimum Gasteiger partial charge on any atom is -0.499 e. The first-order chi connectivity index (χ1) is 7.69. The Morgan fingerprint density at radius 1 is 1.50 bits per heavy atom. The van der Waals surface area contributed by atoms with Gasteiger partial charge in [0.1, 0.15) is 10.9 Å². The van der Waals surface area contributed by atoms with Crippen molar-refractivity contribution >= 4 is 11.3 Å². The molecule has 0 spiro atoms. The van der Waals surface area contributed by atoms with Gasteiger partial charge in [0.25, 0.3) is 0 Å². The maximum absolute atomic E-state index is 9.33. The standard InChI is InChI=1S/C12H10N2OS/c1-8-2-3-10(14-7-8)4-9-5-12(15)16-11(9)6-13/h2-3,5,7,15H,4H2,1H3. The van der Waals surface area contributed by atoms with Crippen LogP contribution in [-0.4, -0.2) is 10.1 Å². The first-order valence-electron chi connectivity index (χ1n) is 4.82. The molecule has 1 N–H and O–H groups in total. The van der Waals surface area contributed by atoms with E-state index in [2.05, 4.69) is 11.1 Å². The van der Waals surface area contributed by atoms with Gasteiger partial charge in [0.2, 0.25) is 0 Å². The fourth-order valence-electron chi connectivity index (χ4n) is 1.44. The summed E-state index contributed by atoms with van der Waals surface area (Å²) in [5.74, 6) is 0. The monoisotopic (exact) mass is 230 g/mol. The highest BCUT2D eigenvalue weighted by atomic mass is 32.1. The van der Waals surface area contributed by atoms with Crippen LogP contribution in [0, 0.1) is 18.3 Å². The summed E-state index contributed by atoms with van der Waals surface area (Å²) >= 11 is 1.10. The Kier molecular flexibility index (Phi) is 2.88. The number of nitriles is 1. The van der Waals surface area contributed by atoms with Crippen molar-refractivity contribution in [3.8, 4) is 11.1 Å². The van der Waals surface area contributed by atoms with Crippen molar-refractivity contribution in [1.29, 1.82) is 5.26 Å². The predicted octanol–water partition coefficient (Wildman–Crippen LogP) is 2.62. The van der Waals surface area contributed by atoms with E-state index in [-0.39, 0.29) is 5.06 Å². The third-order valence-corrected chi connectivity index (χ3v) is 3.13. The number of rotatable bonds is 2. The molecule has 2 aromatic rings. The molecule has 0 saturated carbocycles. The summed E-state index contributed by atoms with van der Waals surface area (Å²) in [6.45, 7) is 1.98. The normalized spacial score (nSPS) is 10.0. The van der Waals surface area contributed by atoms with Crippen molar-refractivity contribution < 1.29 is 5.11 Å². The molecule has 0 saturated heterocycles. The quantitative estimate of drug-likeness (QED) is 0.862. The number of aryl methyl sites for hydroxylation is 1. The Morgan fingerprint density at radius 2 is 2.31 bits per heavy atom. The zero-order chi connectivity index (χ0) is 11.5. The fourth-order valence-corrected chi connectivity index (χ4v) is 2.16. The van der Waals surface area contributed by atoms with Crippen LogP contribution in [0.2, 0.25) is 0 Å². The van der Waals surface area contributed by atoms with Crippen molar-refractivity contribution in [2.24, 2.45) is 0 Å². The predicted molar refractivity (Wildman–Crippen MR) is 62.5 cm³/mol. The molecule has 0 radical (unpaired) electrons. The van der Waals surface area contributed by atoms with Crippen molar-refractivity contribution in [2.75, 3.05) is 0 Å². The Labute approximate surface area is 97.6 Å². The number of hydrogen-bond acceptors (Lipinski definition) is 4. The summed E-state index contributed by atoms with van der Waals surface area (Å²) < 4.78 is 0. The molecule has 2 heterocycles. The SMILES string of the molecule is Cc1ccc(Cc2cc(O)sc2C#N)nc1. The molecule has 3 nitrogen and oxygen atoms in total. The Morgan fingerprint density at radius 3 is 2.94 bits per heavy atom. The topological polar surface area (TPSA) is 56.9 Å². The molecular formula is C12H10N2OS. The van der Waals surface area contributed by atoms with Crippen molar-refractivity contribution in [3.63, 3.8) is 0 Å². The molecule has 0 aliphatic heterocycles. The lowest BCUT2D eigenvalue weighted by Gasteiger charge is -1.99. The lowest BCUT2D eigenvalue weighted by Crippen LogP contribution is -1.92. The second kappa shape index (κ2) is 4.33. The van der Waals surface area contributed by atoms with E-state index in [1.807, 2.05) is 19.1 Å². The van der Waals surface area contributed by atoms with E-state index < -0.39 is 0 Å². The smallest absolute Gasteiger partial charge is 0.172 e. The van der Waals surface area contributed by atoms with Crippen LogP contribution >= 0.6 is 11.3 Å². The zero-order valence-electron chi connectivity index (χ0n) is 8.77. The molecule has 0 bridgehead atoms. The molecule has 0 aliphatic carbocycles. The second-order valence-corrected chi connectivity index (χ2v) is 4.59. The number of aromatic hydroxyl groups is 1. The molecule has 0 aromatic carbocycles. The number of thiophene rings is 1. The third-order valence-electron chi connectivity index (χ3n) is 2.24. The van der Waals surface area contributed by atoms with Crippen molar-refractivity contribution in [3.05, 3.63) is 46.1 Å². The summed E-state index contributed by atoms with van der Waals surface area (Å²) in [5.41, 5.74) is 2.85. The van der Waals surface area contributed by atoms with Gasteiger partial charge in [-0.25, -0.2) is 0 Å². The molecular weight excluding hydrogens is 220 g/mol. The molecule has 0 atom stereocenters. The van der Waals surface area contributed by atoms with Crippen LogP contribution in [0.4, 0.5) is 0 Å².